The zero-order valence-corrected chi connectivity index (χ0v) is 14.4. The van der Waals surface area contributed by atoms with Crippen molar-refractivity contribution in [2.75, 3.05) is 0 Å². The summed E-state index contributed by atoms with van der Waals surface area (Å²) in [4.78, 5) is 1.27. The molecule has 0 unspecified atom stereocenters. The lowest BCUT2D eigenvalue weighted by atomic mass is 10.0. The van der Waals surface area contributed by atoms with Gasteiger partial charge >= 0.3 is 0 Å². The third-order valence-corrected chi connectivity index (χ3v) is 5.48. The van der Waals surface area contributed by atoms with Crippen LogP contribution in [0.1, 0.15) is 38.8 Å². The molecule has 3 aromatic rings. The van der Waals surface area contributed by atoms with Crippen LogP contribution in [-0.4, -0.2) is 14.8 Å². The van der Waals surface area contributed by atoms with Gasteiger partial charge in [-0.1, -0.05) is 12.1 Å². The molecule has 0 aliphatic carbocycles. The maximum Gasteiger partial charge on any atom is 0.164 e. The Morgan fingerprint density at radius 1 is 1.29 bits per heavy atom. The van der Waals surface area contributed by atoms with Crippen molar-refractivity contribution >= 4 is 11.3 Å². The van der Waals surface area contributed by atoms with Crippen LogP contribution in [0.15, 0.2) is 24.3 Å². The molecular weight excluding hydrogens is 320 g/mol. The Morgan fingerprint density at radius 3 is 3.00 bits per heavy atom. The normalized spacial score (nSPS) is 13.0. The molecule has 6 heteroatoms. The van der Waals surface area contributed by atoms with Crippen molar-refractivity contribution in [2.45, 2.75) is 33.5 Å². The summed E-state index contributed by atoms with van der Waals surface area (Å²) >= 11 is 1.76. The topological polar surface area (TPSA) is 63.7 Å². The van der Waals surface area contributed by atoms with Crippen LogP contribution >= 0.6 is 11.3 Å². The summed E-state index contributed by atoms with van der Waals surface area (Å²) in [6.07, 6.45) is 0.799. The summed E-state index contributed by atoms with van der Waals surface area (Å²) in [5, 5.41) is 18.7. The van der Waals surface area contributed by atoms with Crippen LogP contribution in [-0.2, 0) is 24.4 Å². The SMILES string of the molecule is Cc1sc2c(c1Cc1cccc(C#N)c1)COCc1nnc(C)n1-2. The molecule has 0 amide bonds. The second kappa shape index (κ2) is 5.86. The van der Waals surface area contributed by atoms with E-state index in [1.54, 1.807) is 11.3 Å². The molecule has 120 valence electrons. The van der Waals surface area contributed by atoms with E-state index in [1.165, 1.54) is 16.0 Å². The van der Waals surface area contributed by atoms with Crippen molar-refractivity contribution in [1.29, 1.82) is 5.26 Å². The van der Waals surface area contributed by atoms with E-state index in [0.29, 0.717) is 18.8 Å². The third kappa shape index (κ3) is 2.42. The number of nitrogens with zero attached hydrogens (tertiary/aromatic N) is 4. The molecule has 0 radical (unpaired) electrons. The van der Waals surface area contributed by atoms with E-state index in [0.717, 1.165) is 28.6 Å². The first kappa shape index (κ1) is 15.1. The lowest BCUT2D eigenvalue weighted by molar-refractivity contribution is 0.104. The molecule has 3 heterocycles. The molecule has 5 nitrogen and oxygen atoms in total. The number of aromatic nitrogens is 3. The van der Waals surface area contributed by atoms with Crippen LogP contribution in [0.2, 0.25) is 0 Å². The average Bonchev–Trinajstić information content (AvgIpc) is 3.02. The van der Waals surface area contributed by atoms with Crippen molar-refractivity contribution in [3.63, 3.8) is 0 Å². The number of hydrogen-bond acceptors (Lipinski definition) is 5. The Hall–Kier alpha value is -2.49. The minimum absolute atomic E-state index is 0.477. The Bertz CT molecular complexity index is 964. The molecule has 1 aromatic carbocycles. The van der Waals surface area contributed by atoms with Crippen LogP contribution in [0.3, 0.4) is 0 Å². The monoisotopic (exact) mass is 336 g/mol. The number of benzene rings is 1. The number of aryl methyl sites for hydroxylation is 2. The molecule has 2 aromatic heterocycles. The Kier molecular flexibility index (Phi) is 3.68. The first-order valence-corrected chi connectivity index (χ1v) is 8.58. The smallest absolute Gasteiger partial charge is 0.164 e. The Balaban J connectivity index is 1.81. The van der Waals surface area contributed by atoms with E-state index >= 15 is 0 Å². The van der Waals surface area contributed by atoms with Gasteiger partial charge in [0.25, 0.3) is 0 Å². The van der Waals surface area contributed by atoms with Gasteiger partial charge in [0.2, 0.25) is 0 Å². The number of thiophene rings is 1. The van der Waals surface area contributed by atoms with E-state index in [9.17, 15) is 0 Å². The fourth-order valence-electron chi connectivity index (χ4n) is 3.13. The van der Waals surface area contributed by atoms with Gasteiger partial charge in [0, 0.05) is 10.4 Å². The summed E-state index contributed by atoms with van der Waals surface area (Å²) in [5.74, 6) is 1.74. The van der Waals surface area contributed by atoms with E-state index in [1.807, 2.05) is 25.1 Å². The van der Waals surface area contributed by atoms with Crippen LogP contribution < -0.4 is 0 Å². The number of fused-ring (bicyclic) bond motifs is 3. The highest BCUT2D eigenvalue weighted by molar-refractivity contribution is 7.14. The van der Waals surface area contributed by atoms with Crippen LogP contribution in [0.4, 0.5) is 0 Å². The van der Waals surface area contributed by atoms with E-state index in [4.69, 9.17) is 10.00 Å². The first-order valence-electron chi connectivity index (χ1n) is 7.76. The number of ether oxygens (including phenoxy) is 1. The molecule has 4 rings (SSSR count). The maximum absolute atomic E-state index is 9.10. The summed E-state index contributed by atoms with van der Waals surface area (Å²) in [6.45, 7) is 5.17. The van der Waals surface area contributed by atoms with Gasteiger partial charge in [0.15, 0.2) is 5.82 Å². The largest absolute Gasteiger partial charge is 0.369 e. The van der Waals surface area contributed by atoms with Gasteiger partial charge in [-0.2, -0.15) is 5.26 Å². The standard InChI is InChI=1S/C18H16N4OS/c1-11-15(7-13-4-3-5-14(6-13)8-19)16-9-23-10-17-21-20-12(2)22(17)18(16)24-11/h3-6H,7,9-10H2,1-2H3. The first-order chi connectivity index (χ1) is 11.7. The van der Waals surface area contributed by atoms with Crippen molar-refractivity contribution < 1.29 is 4.74 Å². The second-order valence-electron chi connectivity index (χ2n) is 5.90. The number of rotatable bonds is 2. The highest BCUT2D eigenvalue weighted by Gasteiger charge is 2.24. The molecule has 0 spiro atoms. The number of hydrogen-bond donors (Lipinski definition) is 0. The van der Waals surface area contributed by atoms with Crippen molar-refractivity contribution in [1.82, 2.24) is 14.8 Å². The van der Waals surface area contributed by atoms with Gasteiger partial charge in [-0.15, -0.1) is 21.5 Å². The van der Waals surface area contributed by atoms with Gasteiger partial charge in [-0.05, 0) is 43.5 Å². The molecule has 0 saturated carbocycles. The van der Waals surface area contributed by atoms with Crippen LogP contribution in [0, 0.1) is 25.2 Å². The van der Waals surface area contributed by atoms with E-state index in [-0.39, 0.29) is 0 Å². The Labute approximate surface area is 144 Å². The van der Waals surface area contributed by atoms with E-state index < -0.39 is 0 Å². The van der Waals surface area contributed by atoms with Crippen molar-refractivity contribution in [3.8, 4) is 11.1 Å². The minimum Gasteiger partial charge on any atom is -0.369 e. The second-order valence-corrected chi connectivity index (χ2v) is 7.10. The molecule has 1 aliphatic heterocycles. The molecular formula is C18H16N4OS. The maximum atomic E-state index is 9.10. The molecule has 24 heavy (non-hydrogen) atoms. The summed E-state index contributed by atoms with van der Waals surface area (Å²) in [6, 6.07) is 10.0. The van der Waals surface area contributed by atoms with E-state index in [2.05, 4.69) is 33.8 Å². The highest BCUT2D eigenvalue weighted by Crippen LogP contribution is 2.36. The summed E-state index contributed by atoms with van der Waals surface area (Å²) < 4.78 is 7.93. The van der Waals surface area contributed by atoms with Crippen LogP contribution in [0.25, 0.3) is 5.00 Å². The average molecular weight is 336 g/mol. The zero-order chi connectivity index (χ0) is 16.7. The summed E-state index contributed by atoms with van der Waals surface area (Å²) in [7, 11) is 0. The molecule has 0 atom stereocenters. The van der Waals surface area contributed by atoms with Crippen LogP contribution in [0.5, 0.6) is 0 Å². The lowest BCUT2D eigenvalue weighted by Crippen LogP contribution is -2.00. The Morgan fingerprint density at radius 2 is 2.17 bits per heavy atom. The zero-order valence-electron chi connectivity index (χ0n) is 13.5. The van der Waals surface area contributed by atoms with Crippen molar-refractivity contribution in [2.24, 2.45) is 0 Å². The highest BCUT2D eigenvalue weighted by atomic mass is 32.1. The predicted octanol–water partition coefficient (Wildman–Crippen LogP) is 3.44. The van der Waals surface area contributed by atoms with Gasteiger partial charge in [0.05, 0.1) is 18.2 Å². The lowest BCUT2D eigenvalue weighted by Gasteiger charge is -2.07. The fourth-order valence-corrected chi connectivity index (χ4v) is 4.38. The molecule has 0 N–H and O–H groups in total. The van der Waals surface area contributed by atoms with Gasteiger partial charge < -0.3 is 4.74 Å². The fraction of sp³-hybridized carbons (Fsp3) is 0.278. The summed E-state index contributed by atoms with van der Waals surface area (Å²) in [5.41, 5.74) is 4.33. The van der Waals surface area contributed by atoms with Gasteiger partial charge in [-0.25, -0.2) is 0 Å². The molecule has 0 saturated heterocycles. The van der Waals surface area contributed by atoms with Gasteiger partial charge in [-0.3, -0.25) is 4.57 Å². The predicted molar refractivity (Wildman–Crippen MR) is 91.2 cm³/mol. The molecule has 1 aliphatic rings. The van der Waals surface area contributed by atoms with Crippen molar-refractivity contribution in [3.05, 3.63) is 63.0 Å². The molecule has 0 bridgehead atoms. The quantitative estimate of drug-likeness (QED) is 0.719. The minimum atomic E-state index is 0.477. The van der Waals surface area contributed by atoms with Gasteiger partial charge in [0.1, 0.15) is 17.4 Å². The molecule has 0 fully saturated rings. The third-order valence-electron chi connectivity index (χ3n) is 4.31. The number of nitriles is 1.